The lowest BCUT2D eigenvalue weighted by Crippen LogP contribution is -2.59. The van der Waals surface area contributed by atoms with Crippen LogP contribution in [0.4, 0.5) is 0 Å². The number of aliphatic hydroxyl groups is 2. The van der Waals surface area contributed by atoms with Crippen molar-refractivity contribution in [2.45, 2.75) is 74.8 Å². The molecule has 6 heteroatoms. The maximum atomic E-state index is 11.1. The van der Waals surface area contributed by atoms with Crippen LogP contribution in [0, 0.1) is 17.3 Å². The van der Waals surface area contributed by atoms with E-state index in [1.54, 1.807) is 6.33 Å². The molecule has 1 saturated heterocycles. The van der Waals surface area contributed by atoms with Crippen molar-refractivity contribution < 1.29 is 14.9 Å². The smallest absolute Gasteiger partial charge is 0.116 e. The Morgan fingerprint density at radius 1 is 1.20 bits per heavy atom. The van der Waals surface area contributed by atoms with Gasteiger partial charge in [-0.05, 0) is 91.7 Å². The summed E-state index contributed by atoms with van der Waals surface area (Å²) >= 11 is 0. The van der Waals surface area contributed by atoms with Crippen molar-refractivity contribution in [2.75, 3.05) is 13.6 Å². The summed E-state index contributed by atoms with van der Waals surface area (Å²) in [5.41, 5.74) is 3.91. The van der Waals surface area contributed by atoms with Crippen LogP contribution in [0.15, 0.2) is 54.0 Å². The summed E-state index contributed by atoms with van der Waals surface area (Å²) in [7, 11) is 1.91. The molecule has 3 fully saturated rings. The summed E-state index contributed by atoms with van der Waals surface area (Å²) in [5.74, 6) is 0.885. The number of ether oxygens (including phenoxy) is 1. The summed E-state index contributed by atoms with van der Waals surface area (Å²) in [6, 6.07) is 6.70. The molecule has 3 heterocycles. The lowest BCUT2D eigenvalue weighted by atomic mass is 9.58. The van der Waals surface area contributed by atoms with Gasteiger partial charge in [0.2, 0.25) is 0 Å². The van der Waals surface area contributed by atoms with Crippen molar-refractivity contribution in [3.63, 3.8) is 0 Å². The van der Waals surface area contributed by atoms with E-state index >= 15 is 0 Å². The Morgan fingerprint density at radius 2 is 2.09 bits per heavy atom. The number of rotatable bonds is 3. The van der Waals surface area contributed by atoms with E-state index in [4.69, 9.17) is 4.74 Å². The summed E-state index contributed by atoms with van der Waals surface area (Å²) in [6.45, 7) is 3.15. The van der Waals surface area contributed by atoms with Crippen molar-refractivity contribution in [2.24, 2.45) is 17.3 Å². The second kappa shape index (κ2) is 7.45. The van der Waals surface area contributed by atoms with Crippen LogP contribution in [0.3, 0.4) is 0 Å². The standard InChI is InChI=1S/C29H35N3O3/c1-27-8-7-20-12-22-26(34)25(33)19(14-30-2)13-28(22)9-10-29(20,35-28)24(27)6-4-21(27)17-3-5-23-18(11-17)15-31-16-32-23/h3,5,7,11-12,15-16,19,21,24-26,30,33-34H,4,6,8-10,13-14H2,1-2H3/t19-,21-,24-,25-,26-,27-,28-,29-/m1/s1. The van der Waals surface area contributed by atoms with Crippen LogP contribution in [-0.2, 0) is 4.74 Å². The molecule has 0 unspecified atom stereocenters. The SMILES string of the molecule is CNC[C@H]1C[C@@]23CC[C@@]4(O2)C(=CC[C@]2(C)[C@@H](c5ccc6ncncc6c5)CC[C@H]24)C=C3[C@@H](O)[C@@H]1O. The van der Waals surface area contributed by atoms with E-state index < -0.39 is 17.8 Å². The van der Waals surface area contributed by atoms with Gasteiger partial charge in [0.15, 0.2) is 0 Å². The molecule has 5 aliphatic rings. The van der Waals surface area contributed by atoms with E-state index in [1.807, 2.05) is 13.2 Å². The minimum absolute atomic E-state index is 0.0149. The van der Waals surface area contributed by atoms with E-state index in [2.05, 4.69) is 52.6 Å². The Balaban J connectivity index is 1.28. The highest BCUT2D eigenvalue weighted by Crippen LogP contribution is 2.69. The highest BCUT2D eigenvalue weighted by molar-refractivity contribution is 5.78. The van der Waals surface area contributed by atoms with Gasteiger partial charge in [-0.1, -0.05) is 25.1 Å². The fraction of sp³-hybridized carbons (Fsp3) is 0.586. The Morgan fingerprint density at radius 3 is 2.94 bits per heavy atom. The van der Waals surface area contributed by atoms with E-state index in [0.717, 1.165) is 55.0 Å². The zero-order valence-electron chi connectivity index (χ0n) is 20.6. The molecular formula is C29H35N3O3. The minimum atomic E-state index is -0.858. The van der Waals surface area contributed by atoms with Crippen LogP contribution in [0.1, 0.15) is 56.9 Å². The highest BCUT2D eigenvalue weighted by Gasteiger charge is 2.68. The predicted molar refractivity (Wildman–Crippen MR) is 134 cm³/mol. The Bertz CT molecular complexity index is 1260. The number of allylic oxidation sites excluding steroid dienone is 1. The number of aromatic nitrogens is 2. The molecule has 2 saturated carbocycles. The first-order chi connectivity index (χ1) is 16.9. The first-order valence-corrected chi connectivity index (χ1v) is 13.2. The van der Waals surface area contributed by atoms with Gasteiger partial charge in [0, 0.05) is 24.0 Å². The molecule has 184 valence electrons. The fourth-order valence-corrected chi connectivity index (χ4v) is 8.79. The van der Waals surface area contributed by atoms with Gasteiger partial charge in [0.25, 0.3) is 0 Å². The summed E-state index contributed by atoms with van der Waals surface area (Å²) in [6.07, 6.45) is 12.5. The molecule has 0 amide bonds. The van der Waals surface area contributed by atoms with Crippen LogP contribution < -0.4 is 5.32 Å². The predicted octanol–water partition coefficient (Wildman–Crippen LogP) is 3.65. The third kappa shape index (κ3) is 2.85. The molecule has 2 aromatic rings. The normalized spacial score (nSPS) is 43.8. The quantitative estimate of drug-likeness (QED) is 0.631. The van der Waals surface area contributed by atoms with Gasteiger partial charge in [0.1, 0.15) is 12.4 Å². The Kier molecular flexibility index (Phi) is 4.71. The fourth-order valence-electron chi connectivity index (χ4n) is 8.79. The van der Waals surface area contributed by atoms with Crippen LogP contribution >= 0.6 is 0 Å². The van der Waals surface area contributed by atoms with Crippen LogP contribution in [0.25, 0.3) is 10.9 Å². The van der Waals surface area contributed by atoms with Gasteiger partial charge in [-0.15, -0.1) is 0 Å². The van der Waals surface area contributed by atoms with E-state index in [9.17, 15) is 10.2 Å². The molecule has 1 aromatic heterocycles. The molecule has 35 heavy (non-hydrogen) atoms. The van der Waals surface area contributed by atoms with Crippen molar-refractivity contribution in [1.29, 1.82) is 0 Å². The third-order valence-electron chi connectivity index (χ3n) is 10.4. The maximum absolute atomic E-state index is 11.1. The Labute approximate surface area is 206 Å². The van der Waals surface area contributed by atoms with E-state index in [0.29, 0.717) is 18.4 Å². The number of benzene rings is 1. The zero-order chi connectivity index (χ0) is 24.0. The first kappa shape index (κ1) is 22.1. The molecule has 3 N–H and O–H groups in total. The van der Waals surface area contributed by atoms with Crippen LogP contribution in [0.5, 0.6) is 0 Å². The molecule has 8 atom stereocenters. The molecule has 1 aromatic carbocycles. The van der Waals surface area contributed by atoms with Crippen LogP contribution in [-0.4, -0.2) is 57.2 Å². The molecule has 3 aliphatic carbocycles. The monoisotopic (exact) mass is 473 g/mol. The first-order valence-electron chi connectivity index (χ1n) is 13.2. The largest absolute Gasteiger partial charge is 0.390 e. The van der Waals surface area contributed by atoms with Gasteiger partial charge < -0.3 is 20.3 Å². The topological polar surface area (TPSA) is 87.5 Å². The summed E-state index contributed by atoms with van der Waals surface area (Å²) in [5, 5.41) is 26.3. The van der Waals surface area contributed by atoms with E-state index in [1.165, 1.54) is 11.1 Å². The van der Waals surface area contributed by atoms with Gasteiger partial charge in [-0.3, -0.25) is 0 Å². The van der Waals surface area contributed by atoms with Gasteiger partial charge >= 0.3 is 0 Å². The molecule has 2 aliphatic heterocycles. The third-order valence-corrected chi connectivity index (χ3v) is 10.4. The van der Waals surface area contributed by atoms with Crippen molar-refractivity contribution in [1.82, 2.24) is 15.3 Å². The number of nitrogens with zero attached hydrogens (tertiary/aromatic N) is 2. The summed E-state index contributed by atoms with van der Waals surface area (Å²) < 4.78 is 7.25. The average molecular weight is 474 g/mol. The molecule has 2 bridgehead atoms. The highest BCUT2D eigenvalue weighted by atomic mass is 16.5. The van der Waals surface area contributed by atoms with Gasteiger partial charge in [0.05, 0.1) is 22.8 Å². The van der Waals surface area contributed by atoms with Crippen LogP contribution in [0.2, 0.25) is 0 Å². The zero-order valence-corrected chi connectivity index (χ0v) is 20.6. The van der Waals surface area contributed by atoms with Gasteiger partial charge in [-0.2, -0.15) is 0 Å². The number of aliphatic hydroxyl groups excluding tert-OH is 2. The molecule has 7 rings (SSSR count). The second-order valence-electron chi connectivity index (χ2n) is 11.9. The van der Waals surface area contributed by atoms with E-state index in [-0.39, 0.29) is 16.9 Å². The second-order valence-corrected chi connectivity index (χ2v) is 11.9. The summed E-state index contributed by atoms with van der Waals surface area (Å²) in [4.78, 5) is 8.65. The minimum Gasteiger partial charge on any atom is -0.390 e. The molecule has 2 spiro atoms. The number of fused-ring (bicyclic) bond motifs is 2. The lowest BCUT2D eigenvalue weighted by Gasteiger charge is -2.55. The number of hydrogen-bond donors (Lipinski definition) is 3. The van der Waals surface area contributed by atoms with Crippen molar-refractivity contribution in [3.8, 4) is 0 Å². The molecule has 6 nitrogen and oxygen atoms in total. The number of nitrogens with one attached hydrogen (secondary N) is 1. The van der Waals surface area contributed by atoms with Crippen molar-refractivity contribution in [3.05, 3.63) is 59.6 Å². The lowest BCUT2D eigenvalue weighted by molar-refractivity contribution is -0.163. The van der Waals surface area contributed by atoms with Crippen molar-refractivity contribution >= 4 is 10.9 Å². The maximum Gasteiger partial charge on any atom is 0.116 e. The number of hydrogen-bond acceptors (Lipinski definition) is 6. The average Bonchev–Trinajstić information content (AvgIpc) is 3.38. The molecule has 0 radical (unpaired) electrons. The van der Waals surface area contributed by atoms with Gasteiger partial charge in [-0.25, -0.2) is 9.97 Å². The Hall–Kier alpha value is -2.12. The molecular weight excluding hydrogens is 438 g/mol.